The Balaban J connectivity index is 2.96. The summed E-state index contributed by atoms with van der Waals surface area (Å²) in [6, 6.07) is -1.00. The van der Waals surface area contributed by atoms with E-state index in [1.807, 2.05) is 5.43 Å². The first-order valence-electron chi connectivity index (χ1n) is 3.68. The Hall–Kier alpha value is -0.430. The fourth-order valence-corrected chi connectivity index (χ4v) is 2.74. The van der Waals surface area contributed by atoms with E-state index in [2.05, 4.69) is 31.9 Å². The van der Waals surface area contributed by atoms with Crippen LogP contribution in [-0.4, -0.2) is 15.4 Å². The van der Waals surface area contributed by atoms with Gasteiger partial charge in [0.2, 0.25) is 0 Å². The summed E-state index contributed by atoms with van der Waals surface area (Å²) in [5, 5.41) is 9.47. The van der Waals surface area contributed by atoms with Gasteiger partial charge in [0.15, 0.2) is 11.1 Å². The number of alkyl halides is 1. The minimum absolute atomic E-state index is 0.552. The van der Waals surface area contributed by atoms with Gasteiger partial charge in [-0.1, -0.05) is 37.9 Å². The lowest BCUT2D eigenvalue weighted by atomic mass is 9.96. The molecule has 0 saturated carbocycles. The van der Waals surface area contributed by atoms with E-state index in [0.29, 0.717) is 4.48 Å². The van der Waals surface area contributed by atoms with Crippen LogP contribution in [0.25, 0.3) is 0 Å². The van der Waals surface area contributed by atoms with E-state index in [1.54, 1.807) is 13.0 Å². The number of nitrogens with one attached hydrogen (secondary N) is 1. The normalized spacial score (nSPS) is 31.9. The SMILES string of the molecule is CC1(Br)C=C(Br)C=C(F)C1N[N+](=O)[O-]. The van der Waals surface area contributed by atoms with Crippen molar-refractivity contribution in [2.24, 2.45) is 0 Å². The van der Waals surface area contributed by atoms with Crippen LogP contribution in [-0.2, 0) is 0 Å². The van der Waals surface area contributed by atoms with Crippen molar-refractivity contribution in [2.45, 2.75) is 17.3 Å². The summed E-state index contributed by atoms with van der Waals surface area (Å²) in [5.41, 5.74) is 1.91. The van der Waals surface area contributed by atoms with Gasteiger partial charge in [-0.25, -0.2) is 14.5 Å². The van der Waals surface area contributed by atoms with Crippen molar-refractivity contribution in [3.05, 3.63) is 32.6 Å². The molecule has 0 fully saturated rings. The van der Waals surface area contributed by atoms with Gasteiger partial charge in [-0.15, -0.1) is 5.43 Å². The van der Waals surface area contributed by atoms with Crippen molar-refractivity contribution in [3.8, 4) is 0 Å². The molecule has 0 saturated heterocycles. The van der Waals surface area contributed by atoms with Crippen LogP contribution in [0.2, 0.25) is 0 Å². The van der Waals surface area contributed by atoms with Crippen LogP contribution in [0, 0.1) is 10.1 Å². The highest BCUT2D eigenvalue weighted by molar-refractivity contribution is 9.12. The lowest BCUT2D eigenvalue weighted by Gasteiger charge is -2.28. The van der Waals surface area contributed by atoms with Gasteiger partial charge in [0.05, 0.1) is 4.32 Å². The molecule has 0 amide bonds. The maximum atomic E-state index is 13.3. The topological polar surface area (TPSA) is 55.2 Å². The standard InChI is InChI=1S/C7H7Br2FN2O2/c1-7(9)3-4(8)2-5(10)6(7)11-12(13)14/h2-3,6,11H,1H3. The van der Waals surface area contributed by atoms with Gasteiger partial charge in [0.1, 0.15) is 5.83 Å². The molecule has 2 atom stereocenters. The van der Waals surface area contributed by atoms with Crippen molar-refractivity contribution in [1.82, 2.24) is 5.43 Å². The van der Waals surface area contributed by atoms with Crippen LogP contribution < -0.4 is 5.43 Å². The molecule has 1 aliphatic rings. The fourth-order valence-electron chi connectivity index (χ4n) is 1.17. The zero-order chi connectivity index (χ0) is 10.9. The van der Waals surface area contributed by atoms with Gasteiger partial charge in [-0.05, 0) is 13.0 Å². The Labute approximate surface area is 96.6 Å². The molecule has 0 heterocycles. The number of hydrazine groups is 1. The third kappa shape index (κ3) is 2.54. The number of halogens is 3. The quantitative estimate of drug-likeness (QED) is 0.481. The Bertz CT molecular complexity index is 328. The summed E-state index contributed by atoms with van der Waals surface area (Å²) < 4.78 is 13.1. The molecule has 0 aliphatic heterocycles. The Morgan fingerprint density at radius 1 is 1.79 bits per heavy atom. The van der Waals surface area contributed by atoms with Gasteiger partial charge in [0, 0.05) is 4.48 Å². The summed E-state index contributed by atoms with van der Waals surface area (Å²) in [5.74, 6) is -0.588. The number of nitro groups is 1. The zero-order valence-corrected chi connectivity index (χ0v) is 10.3. The predicted octanol–water partition coefficient (Wildman–Crippen LogP) is 2.44. The lowest BCUT2D eigenvalue weighted by molar-refractivity contribution is -0.550. The van der Waals surface area contributed by atoms with Gasteiger partial charge in [-0.2, -0.15) is 0 Å². The van der Waals surface area contributed by atoms with Gasteiger partial charge >= 0.3 is 0 Å². The summed E-state index contributed by atoms with van der Waals surface area (Å²) in [7, 11) is 0. The molecule has 0 bridgehead atoms. The fraction of sp³-hybridized carbons (Fsp3) is 0.429. The van der Waals surface area contributed by atoms with E-state index in [-0.39, 0.29) is 0 Å². The molecule has 0 aromatic carbocycles. The molecule has 0 aromatic rings. The molecule has 0 aromatic heterocycles. The summed E-state index contributed by atoms with van der Waals surface area (Å²) >= 11 is 6.33. The number of hydrogen-bond donors (Lipinski definition) is 1. The molecule has 14 heavy (non-hydrogen) atoms. The Morgan fingerprint density at radius 2 is 2.36 bits per heavy atom. The van der Waals surface area contributed by atoms with E-state index in [1.165, 1.54) is 6.08 Å². The first kappa shape index (κ1) is 11.6. The van der Waals surface area contributed by atoms with E-state index in [4.69, 9.17) is 0 Å². The third-order valence-corrected chi connectivity index (χ3v) is 2.92. The van der Waals surface area contributed by atoms with E-state index in [0.717, 1.165) is 0 Å². The molecule has 0 radical (unpaired) electrons. The zero-order valence-electron chi connectivity index (χ0n) is 7.13. The Morgan fingerprint density at radius 3 is 2.79 bits per heavy atom. The second kappa shape index (κ2) is 3.98. The Kier molecular flexibility index (Phi) is 3.31. The summed E-state index contributed by atoms with van der Waals surface area (Å²) in [6.45, 7) is 1.64. The molecule has 1 rings (SSSR count). The van der Waals surface area contributed by atoms with Crippen molar-refractivity contribution in [1.29, 1.82) is 0 Å². The van der Waals surface area contributed by atoms with Crippen molar-refractivity contribution in [2.75, 3.05) is 0 Å². The number of rotatable bonds is 2. The number of nitrogens with zero attached hydrogens (tertiary/aromatic N) is 1. The highest BCUT2D eigenvalue weighted by Crippen LogP contribution is 2.36. The highest BCUT2D eigenvalue weighted by Gasteiger charge is 2.39. The highest BCUT2D eigenvalue weighted by atomic mass is 79.9. The monoisotopic (exact) mass is 328 g/mol. The first-order valence-corrected chi connectivity index (χ1v) is 5.26. The van der Waals surface area contributed by atoms with Crippen molar-refractivity contribution < 1.29 is 9.42 Å². The second-order valence-electron chi connectivity index (χ2n) is 3.03. The van der Waals surface area contributed by atoms with Crippen LogP contribution in [0.1, 0.15) is 6.92 Å². The molecule has 1 aliphatic carbocycles. The van der Waals surface area contributed by atoms with E-state index in [9.17, 15) is 14.5 Å². The largest absolute Gasteiger partial charge is 0.235 e. The van der Waals surface area contributed by atoms with Crippen molar-refractivity contribution in [3.63, 3.8) is 0 Å². The molecule has 2 unspecified atom stereocenters. The van der Waals surface area contributed by atoms with Crippen LogP contribution >= 0.6 is 31.9 Å². The molecular formula is C7H7Br2FN2O2. The third-order valence-electron chi connectivity index (χ3n) is 1.77. The van der Waals surface area contributed by atoms with E-state index >= 15 is 0 Å². The minimum atomic E-state index is -1.00. The predicted molar refractivity (Wildman–Crippen MR) is 57.5 cm³/mol. The second-order valence-corrected chi connectivity index (χ2v) is 5.65. The molecular weight excluding hydrogens is 323 g/mol. The molecule has 4 nitrogen and oxygen atoms in total. The van der Waals surface area contributed by atoms with Crippen LogP contribution in [0.15, 0.2) is 22.5 Å². The molecule has 0 spiro atoms. The van der Waals surface area contributed by atoms with E-state index < -0.39 is 21.2 Å². The maximum absolute atomic E-state index is 13.3. The van der Waals surface area contributed by atoms with Gasteiger partial charge in [0.25, 0.3) is 0 Å². The summed E-state index contributed by atoms with van der Waals surface area (Å²) in [4.78, 5) is 10.2. The molecule has 78 valence electrons. The minimum Gasteiger partial charge on any atom is -0.235 e. The summed E-state index contributed by atoms with van der Waals surface area (Å²) in [6.07, 6.45) is 2.85. The average molecular weight is 330 g/mol. The maximum Gasteiger partial charge on any atom is 0.158 e. The number of allylic oxidation sites excluding steroid dienone is 2. The molecule has 1 N–H and O–H groups in total. The number of hydrogen-bond acceptors (Lipinski definition) is 2. The van der Waals surface area contributed by atoms with Crippen molar-refractivity contribution >= 4 is 31.9 Å². The lowest BCUT2D eigenvalue weighted by Crippen LogP contribution is -2.48. The average Bonchev–Trinajstić information content (AvgIpc) is 1.95. The van der Waals surface area contributed by atoms with Gasteiger partial charge < -0.3 is 0 Å². The molecule has 7 heteroatoms. The van der Waals surface area contributed by atoms with Crippen LogP contribution in [0.5, 0.6) is 0 Å². The first-order chi connectivity index (χ1) is 6.33. The van der Waals surface area contributed by atoms with Gasteiger partial charge in [-0.3, -0.25) is 0 Å². The van der Waals surface area contributed by atoms with Crippen LogP contribution in [0.4, 0.5) is 4.39 Å². The smallest absolute Gasteiger partial charge is 0.158 e. The van der Waals surface area contributed by atoms with Crippen LogP contribution in [0.3, 0.4) is 0 Å².